The van der Waals surface area contributed by atoms with Gasteiger partial charge in [-0.05, 0) is 43.2 Å². The Morgan fingerprint density at radius 1 is 0.815 bits per heavy atom. The molecule has 0 nitrogen and oxygen atoms in total. The molecule has 0 fully saturated rings. The quantitative estimate of drug-likeness (QED) is 0.412. The van der Waals surface area contributed by atoms with Crippen molar-refractivity contribution in [3.63, 3.8) is 0 Å². The minimum atomic E-state index is -4.47. The van der Waals surface area contributed by atoms with Gasteiger partial charge < -0.3 is 0 Å². The fourth-order valence-electron chi connectivity index (χ4n) is 1.54. The maximum absolute atomic E-state index is 12.9. The molecule has 5 heteroatoms. The van der Waals surface area contributed by atoms with E-state index < -0.39 is 17.6 Å². The van der Waals surface area contributed by atoms with E-state index in [4.69, 9.17) is 11.6 Å². The molecule has 0 unspecified atom stereocenters. The van der Waals surface area contributed by atoms with Crippen molar-refractivity contribution < 1.29 is 17.6 Å². The van der Waals surface area contributed by atoms with E-state index in [1.54, 1.807) is 6.92 Å². The molecule has 0 saturated heterocycles. The Bertz CT molecular complexity index is 555. The van der Waals surface area contributed by atoms with Crippen LogP contribution < -0.4 is 0 Å². The molecule has 2 aromatic carbocycles. The first-order valence-electron chi connectivity index (χ1n) is 9.31. The lowest BCUT2D eigenvalue weighted by Gasteiger charge is -2.07. The van der Waals surface area contributed by atoms with Crippen LogP contribution in [0.25, 0.3) is 0 Å². The van der Waals surface area contributed by atoms with Crippen LogP contribution in [0.2, 0.25) is 5.02 Å². The lowest BCUT2D eigenvalue weighted by Crippen LogP contribution is -2.05. The van der Waals surface area contributed by atoms with Crippen LogP contribution in [-0.2, 0) is 12.6 Å². The summed E-state index contributed by atoms with van der Waals surface area (Å²) in [6.45, 7) is 15.7. The van der Waals surface area contributed by atoms with Crippen LogP contribution >= 0.6 is 11.6 Å². The Morgan fingerprint density at radius 3 is 1.56 bits per heavy atom. The lowest BCUT2D eigenvalue weighted by molar-refractivity contribution is -0.137. The fraction of sp³-hybridized carbons (Fsp3) is 0.455. The number of hydrogen-bond donors (Lipinski definition) is 0. The van der Waals surface area contributed by atoms with E-state index in [9.17, 15) is 17.6 Å². The number of benzene rings is 2. The van der Waals surface area contributed by atoms with Crippen molar-refractivity contribution in [3.8, 4) is 0 Å². The zero-order valence-electron chi connectivity index (χ0n) is 17.6. The standard InChI is InChI=1S/C9H8F4.C7H7Cl.3C2H6/c1-2-6-3-4-7(5-8(6)10)9(11,12)13;1-6-2-4-7(8)5-3-6;3*1-2/h3-5H,2H2,1H3;2-5H,1H3;3*1-2H3. The molecule has 156 valence electrons. The van der Waals surface area contributed by atoms with Crippen molar-refractivity contribution in [1.29, 1.82) is 0 Å². The molecule has 27 heavy (non-hydrogen) atoms. The second kappa shape index (κ2) is 17.8. The van der Waals surface area contributed by atoms with Crippen LogP contribution in [0.4, 0.5) is 17.6 Å². The van der Waals surface area contributed by atoms with E-state index in [-0.39, 0.29) is 0 Å². The third kappa shape index (κ3) is 14.2. The van der Waals surface area contributed by atoms with Crippen molar-refractivity contribution in [2.45, 2.75) is 68.0 Å². The molecule has 0 radical (unpaired) electrons. The van der Waals surface area contributed by atoms with Gasteiger partial charge in [-0.3, -0.25) is 0 Å². The molecule has 0 N–H and O–H groups in total. The van der Waals surface area contributed by atoms with Crippen LogP contribution in [0.3, 0.4) is 0 Å². The highest BCUT2D eigenvalue weighted by Gasteiger charge is 2.30. The number of aryl methyl sites for hydroxylation is 2. The minimum Gasteiger partial charge on any atom is -0.207 e. The summed E-state index contributed by atoms with van der Waals surface area (Å²) in [7, 11) is 0. The van der Waals surface area contributed by atoms with E-state index in [2.05, 4.69) is 0 Å². The SMILES string of the molecule is CC.CC.CC.CCc1ccc(C(F)(F)F)cc1F.Cc1ccc(Cl)cc1. The summed E-state index contributed by atoms with van der Waals surface area (Å²) < 4.78 is 49.0. The predicted molar refractivity (Wildman–Crippen MR) is 111 cm³/mol. The highest BCUT2D eigenvalue weighted by molar-refractivity contribution is 6.30. The largest absolute Gasteiger partial charge is 0.416 e. The van der Waals surface area contributed by atoms with Gasteiger partial charge in [-0.15, -0.1) is 0 Å². The van der Waals surface area contributed by atoms with Crippen LogP contribution in [0, 0.1) is 12.7 Å². The van der Waals surface area contributed by atoms with E-state index in [1.165, 1.54) is 5.56 Å². The maximum atomic E-state index is 12.9. The van der Waals surface area contributed by atoms with Gasteiger partial charge >= 0.3 is 6.18 Å². The summed E-state index contributed by atoms with van der Waals surface area (Å²) in [5, 5.41) is 0.801. The van der Waals surface area contributed by atoms with Crippen LogP contribution in [0.1, 0.15) is 65.2 Å². The Balaban J connectivity index is -0.000000353. The van der Waals surface area contributed by atoms with Gasteiger partial charge in [0.25, 0.3) is 0 Å². The normalized spacial score (nSPS) is 9.07. The van der Waals surface area contributed by atoms with Crippen molar-refractivity contribution in [1.82, 2.24) is 0 Å². The summed E-state index contributed by atoms with van der Waals surface area (Å²) in [6, 6.07) is 10.3. The van der Waals surface area contributed by atoms with Gasteiger partial charge in [0.2, 0.25) is 0 Å². The zero-order valence-corrected chi connectivity index (χ0v) is 18.4. The molecule has 0 heterocycles. The molecular formula is C22H33ClF4. The summed E-state index contributed by atoms with van der Waals surface area (Å²) in [5.74, 6) is -0.794. The first-order valence-corrected chi connectivity index (χ1v) is 9.69. The van der Waals surface area contributed by atoms with Gasteiger partial charge in [0.15, 0.2) is 0 Å². The Kier molecular flexibility index (Phi) is 19.9. The van der Waals surface area contributed by atoms with Crippen LogP contribution in [0.5, 0.6) is 0 Å². The van der Waals surface area contributed by atoms with Gasteiger partial charge in [0.1, 0.15) is 5.82 Å². The molecule has 0 atom stereocenters. The molecule has 0 amide bonds. The summed E-state index contributed by atoms with van der Waals surface area (Å²) in [4.78, 5) is 0. The number of hydrogen-bond acceptors (Lipinski definition) is 0. The van der Waals surface area contributed by atoms with E-state index >= 15 is 0 Å². The van der Waals surface area contributed by atoms with Gasteiger partial charge in [-0.2, -0.15) is 13.2 Å². The topological polar surface area (TPSA) is 0 Å². The van der Waals surface area contributed by atoms with Crippen molar-refractivity contribution >= 4 is 11.6 Å². The molecule has 0 saturated carbocycles. The third-order valence-corrected chi connectivity index (χ3v) is 3.02. The van der Waals surface area contributed by atoms with Crippen molar-refractivity contribution in [3.05, 3.63) is 70.0 Å². The molecule has 0 spiro atoms. The molecule has 2 aromatic rings. The first-order chi connectivity index (χ1) is 12.7. The third-order valence-electron chi connectivity index (χ3n) is 2.77. The average molecular weight is 409 g/mol. The maximum Gasteiger partial charge on any atom is 0.416 e. The highest BCUT2D eigenvalue weighted by Crippen LogP contribution is 2.30. The molecule has 0 bridgehead atoms. The molecule has 0 aliphatic heterocycles. The molecule has 2 rings (SSSR count). The number of alkyl halides is 3. The summed E-state index contributed by atoms with van der Waals surface area (Å²) in [6.07, 6.45) is -4.07. The van der Waals surface area contributed by atoms with E-state index in [0.717, 1.165) is 17.2 Å². The summed E-state index contributed by atoms with van der Waals surface area (Å²) >= 11 is 5.61. The van der Waals surface area contributed by atoms with Crippen molar-refractivity contribution in [2.75, 3.05) is 0 Å². The van der Waals surface area contributed by atoms with Gasteiger partial charge in [0.05, 0.1) is 5.56 Å². The smallest absolute Gasteiger partial charge is 0.207 e. The van der Waals surface area contributed by atoms with Gasteiger partial charge in [0, 0.05) is 5.02 Å². The van der Waals surface area contributed by atoms with Crippen LogP contribution in [-0.4, -0.2) is 0 Å². The van der Waals surface area contributed by atoms with Crippen molar-refractivity contribution in [2.24, 2.45) is 0 Å². The summed E-state index contributed by atoms with van der Waals surface area (Å²) in [5.41, 5.74) is 0.601. The molecule has 0 aliphatic rings. The second-order valence-corrected chi connectivity index (χ2v) is 4.89. The average Bonchev–Trinajstić information content (AvgIpc) is 2.68. The predicted octanol–water partition coefficient (Wildman–Crippen LogP) is 9.13. The van der Waals surface area contributed by atoms with Gasteiger partial charge in [-0.25, -0.2) is 4.39 Å². The number of rotatable bonds is 1. The Labute approximate surface area is 167 Å². The van der Waals surface area contributed by atoms with Crippen LogP contribution in [0.15, 0.2) is 42.5 Å². The van der Waals surface area contributed by atoms with E-state index in [1.807, 2.05) is 72.7 Å². The fourth-order valence-corrected chi connectivity index (χ4v) is 1.67. The monoisotopic (exact) mass is 408 g/mol. The Morgan fingerprint density at radius 2 is 1.26 bits per heavy atom. The second-order valence-electron chi connectivity index (χ2n) is 4.45. The highest BCUT2D eigenvalue weighted by atomic mass is 35.5. The first kappa shape index (κ1) is 30.2. The Hall–Kier alpha value is -1.55. The zero-order chi connectivity index (χ0) is 22.0. The molecule has 0 aliphatic carbocycles. The van der Waals surface area contributed by atoms with Gasteiger partial charge in [-0.1, -0.05) is 83.8 Å². The minimum absolute atomic E-state index is 0.299. The molecular weight excluding hydrogens is 376 g/mol. The number of halogens is 5. The van der Waals surface area contributed by atoms with E-state index in [0.29, 0.717) is 18.1 Å². The lowest BCUT2D eigenvalue weighted by atomic mass is 10.1. The molecule has 0 aromatic heterocycles.